The van der Waals surface area contributed by atoms with E-state index in [0.29, 0.717) is 0 Å². The van der Waals surface area contributed by atoms with Crippen molar-refractivity contribution in [3.63, 3.8) is 0 Å². The molecule has 0 radical (unpaired) electrons. The third kappa shape index (κ3) is 89.4. The van der Waals surface area contributed by atoms with Gasteiger partial charge in [-0.2, -0.15) is 0 Å². The van der Waals surface area contributed by atoms with Crippen molar-refractivity contribution in [3.8, 4) is 0 Å². The first-order valence-electron chi connectivity index (χ1n) is 27.9. The predicted molar refractivity (Wildman–Crippen MR) is 270 cm³/mol. The Hall–Kier alpha value is -1.90. The van der Waals surface area contributed by atoms with Crippen LogP contribution in [-0.4, -0.2) is 34.8 Å². The summed E-state index contributed by atoms with van der Waals surface area (Å²) in [4.78, 5) is 40.6. The van der Waals surface area contributed by atoms with Crippen LogP contribution < -0.4 is 20.4 Å². The smallest absolute Gasteiger partial charge is 0.550 e. The second-order valence-corrected chi connectivity index (χ2v) is 18.6. The van der Waals surface area contributed by atoms with E-state index in [9.17, 15) is 39.6 Å². The molecule has 65 heavy (non-hydrogen) atoms. The zero-order valence-corrected chi connectivity index (χ0v) is 44.7. The topological polar surface area (TPSA) is 161 Å². The van der Waals surface area contributed by atoms with E-state index >= 15 is 0 Å². The second kappa shape index (κ2) is 68.7. The van der Waals surface area contributed by atoms with Gasteiger partial charge in [0.1, 0.15) is 0 Å². The largest absolute Gasteiger partial charge is 4.00 e. The zero-order valence-electron chi connectivity index (χ0n) is 43.7. The van der Waals surface area contributed by atoms with Crippen molar-refractivity contribution in [3.05, 3.63) is 0 Å². The standard InChI is InChI=1S/4C14H28O2.Si/c4*1-2-3-4-5-6-7-8-9-10-11-12-13-14(15)16;/h4*2-13H2,1H3,(H,15,16);/q;;;;+4/p-4. The first kappa shape index (κ1) is 72.1. The molecule has 0 rings (SSSR count). The van der Waals surface area contributed by atoms with Crippen LogP contribution in [0.2, 0.25) is 0 Å². The van der Waals surface area contributed by atoms with Crippen LogP contribution >= 0.6 is 0 Å². The Labute approximate surface area is 408 Å². The Kier molecular flexibility index (Phi) is 76.2. The SMILES string of the molecule is CCCCCCCCCCCCCC(=O)[O-].CCCCCCCCCCCCCC(=O)[O-].CCCCCCCCCCCCCC(=O)[O-].CCCCCCCCCCCCCC(=O)[O-].[Si+4]. The molecule has 0 aliphatic heterocycles. The van der Waals surface area contributed by atoms with E-state index in [1.54, 1.807) is 0 Å². The van der Waals surface area contributed by atoms with Gasteiger partial charge in [-0.05, 0) is 51.4 Å². The third-order valence-corrected chi connectivity index (χ3v) is 11.9. The minimum atomic E-state index is -0.907. The van der Waals surface area contributed by atoms with Gasteiger partial charge in [0, 0.05) is 23.9 Å². The quantitative estimate of drug-likeness (QED) is 0.0430. The average molecular weight is 938 g/mol. The molecule has 0 aromatic heterocycles. The molecular formula is C56H108O8Si. The van der Waals surface area contributed by atoms with Crippen molar-refractivity contribution < 1.29 is 39.6 Å². The molecule has 0 saturated carbocycles. The Balaban J connectivity index is -0.000000245. The van der Waals surface area contributed by atoms with Crippen molar-refractivity contribution in [2.24, 2.45) is 0 Å². The number of hydrogen-bond acceptors (Lipinski definition) is 8. The van der Waals surface area contributed by atoms with Crippen LogP contribution in [-0.2, 0) is 19.2 Å². The van der Waals surface area contributed by atoms with E-state index in [1.165, 1.54) is 231 Å². The number of aliphatic carboxylic acids is 4. The van der Waals surface area contributed by atoms with Crippen molar-refractivity contribution in [2.75, 3.05) is 0 Å². The van der Waals surface area contributed by atoms with Crippen molar-refractivity contribution in [1.82, 2.24) is 0 Å². The molecule has 8 nitrogen and oxygen atoms in total. The van der Waals surface area contributed by atoms with Crippen molar-refractivity contribution in [2.45, 2.75) is 336 Å². The number of carboxylic acid groups (broad SMARTS) is 4. The predicted octanol–water partition coefficient (Wildman–Crippen LogP) is 13.4. The van der Waals surface area contributed by atoms with Gasteiger partial charge >= 0.3 is 11.0 Å². The molecule has 384 valence electrons. The van der Waals surface area contributed by atoms with Gasteiger partial charge in [-0.25, -0.2) is 0 Å². The summed E-state index contributed by atoms with van der Waals surface area (Å²) in [6, 6.07) is 0. The molecular weight excluding hydrogens is 829 g/mol. The third-order valence-electron chi connectivity index (χ3n) is 11.9. The monoisotopic (exact) mass is 937 g/mol. The molecule has 0 aliphatic rings. The van der Waals surface area contributed by atoms with Crippen LogP contribution in [0.4, 0.5) is 0 Å². The second-order valence-electron chi connectivity index (χ2n) is 18.6. The van der Waals surface area contributed by atoms with Gasteiger partial charge in [0.15, 0.2) is 0 Å². The molecule has 0 atom stereocenters. The van der Waals surface area contributed by atoms with E-state index in [1.807, 2.05) is 0 Å². The maximum absolute atomic E-state index is 10.1. The molecule has 0 amide bonds. The van der Waals surface area contributed by atoms with E-state index in [-0.39, 0.29) is 36.6 Å². The molecule has 0 aromatic rings. The molecule has 0 bridgehead atoms. The van der Waals surface area contributed by atoms with Gasteiger partial charge in [-0.3, -0.25) is 0 Å². The molecule has 0 unspecified atom stereocenters. The summed E-state index contributed by atoms with van der Waals surface area (Å²) in [7, 11) is 0. The molecule has 0 heterocycles. The summed E-state index contributed by atoms with van der Waals surface area (Å²) in [5, 5.41) is 40.6. The fourth-order valence-corrected chi connectivity index (χ4v) is 7.73. The average Bonchev–Trinajstić information content (AvgIpc) is 3.26. The number of rotatable bonds is 48. The van der Waals surface area contributed by atoms with E-state index in [4.69, 9.17) is 0 Å². The normalized spacial score (nSPS) is 10.4. The Morgan fingerprint density at radius 3 is 0.385 bits per heavy atom. The first-order chi connectivity index (χ1) is 31.1. The molecule has 0 aromatic carbocycles. The van der Waals surface area contributed by atoms with Crippen LogP contribution in [0.15, 0.2) is 0 Å². The summed E-state index contributed by atoms with van der Waals surface area (Å²) < 4.78 is 0. The van der Waals surface area contributed by atoms with Gasteiger partial charge in [0.05, 0.1) is 0 Å². The van der Waals surface area contributed by atoms with Crippen molar-refractivity contribution in [1.29, 1.82) is 0 Å². The number of unbranched alkanes of at least 4 members (excludes halogenated alkanes) is 40. The minimum Gasteiger partial charge on any atom is -0.550 e. The number of carboxylic acids is 4. The Bertz CT molecular complexity index is 771. The van der Waals surface area contributed by atoms with Crippen LogP contribution in [0.5, 0.6) is 0 Å². The summed E-state index contributed by atoms with van der Waals surface area (Å²) in [6.45, 7) is 8.97. The van der Waals surface area contributed by atoms with Gasteiger partial charge in [0.2, 0.25) is 0 Å². The van der Waals surface area contributed by atoms with E-state index in [2.05, 4.69) is 27.7 Å². The molecule has 9 heteroatoms. The minimum absolute atomic E-state index is 0. The van der Waals surface area contributed by atoms with Crippen LogP contribution in [0.25, 0.3) is 0 Å². The molecule has 0 fully saturated rings. The van der Waals surface area contributed by atoms with Gasteiger partial charge in [-0.1, -0.05) is 285 Å². The number of carbonyl (C=O) groups excluding carboxylic acids is 4. The van der Waals surface area contributed by atoms with Gasteiger partial charge in [-0.15, -0.1) is 0 Å². The maximum Gasteiger partial charge on any atom is 4.00 e. The van der Waals surface area contributed by atoms with Crippen LogP contribution in [0.3, 0.4) is 0 Å². The van der Waals surface area contributed by atoms with Crippen LogP contribution in [0.1, 0.15) is 336 Å². The fraction of sp³-hybridized carbons (Fsp3) is 0.929. The molecule has 0 N–H and O–H groups in total. The Morgan fingerprint density at radius 2 is 0.292 bits per heavy atom. The van der Waals surface area contributed by atoms with Crippen LogP contribution in [0, 0.1) is 0 Å². The summed E-state index contributed by atoms with van der Waals surface area (Å²) in [6.07, 6.45) is 56.1. The molecule has 0 aliphatic carbocycles. The summed E-state index contributed by atoms with van der Waals surface area (Å²) in [5.74, 6) is -3.63. The van der Waals surface area contributed by atoms with E-state index in [0.717, 1.165) is 51.4 Å². The Morgan fingerprint density at radius 1 is 0.200 bits per heavy atom. The van der Waals surface area contributed by atoms with E-state index < -0.39 is 23.9 Å². The zero-order chi connectivity index (χ0) is 48.3. The maximum atomic E-state index is 10.1. The summed E-state index contributed by atoms with van der Waals surface area (Å²) in [5.41, 5.74) is 0. The van der Waals surface area contributed by atoms with Crippen molar-refractivity contribution >= 4 is 34.8 Å². The molecule has 0 saturated heterocycles. The van der Waals surface area contributed by atoms with Gasteiger partial charge < -0.3 is 39.6 Å². The molecule has 0 spiro atoms. The number of hydrogen-bond donors (Lipinski definition) is 0. The first-order valence-corrected chi connectivity index (χ1v) is 27.9. The number of carbonyl (C=O) groups is 4. The van der Waals surface area contributed by atoms with Gasteiger partial charge in [0.25, 0.3) is 0 Å². The summed E-state index contributed by atoms with van der Waals surface area (Å²) >= 11 is 0. The fourth-order valence-electron chi connectivity index (χ4n) is 7.73.